The highest BCUT2D eigenvalue weighted by Crippen LogP contribution is 2.26. The molecule has 2 amide bonds. The van der Waals surface area contributed by atoms with Gasteiger partial charge in [0.05, 0.1) is 6.61 Å². The lowest BCUT2D eigenvalue weighted by atomic mass is 10.1. The molecule has 2 atom stereocenters. The summed E-state index contributed by atoms with van der Waals surface area (Å²) in [5.41, 5.74) is 0.401. The topological polar surface area (TPSA) is 144 Å². The molecular formula is C22H17F3N4O7. The summed E-state index contributed by atoms with van der Waals surface area (Å²) in [6.07, 6.45) is -3.42. The van der Waals surface area contributed by atoms with Crippen molar-refractivity contribution in [1.29, 1.82) is 0 Å². The molecule has 1 aliphatic rings. The Kier molecular flexibility index (Phi) is 6.87. The molecule has 3 aromatic rings. The minimum atomic E-state index is -1.76. The van der Waals surface area contributed by atoms with Gasteiger partial charge in [-0.1, -0.05) is 5.16 Å². The van der Waals surface area contributed by atoms with E-state index in [1.54, 1.807) is 0 Å². The standard InChI is InChI=1S/C22H17F3N4O7/c1-10(30)35-17(20(31)26-12-4-2-11(3-5-12)19-27-22(33)36-28-19)18-21(32)29(6-7-34-18)13-8-14(23)16(25)15(24)9-13/h2-5,8-9,17-18H,6-7H2,1H3,(H,26,31)(H,27,28,33). The van der Waals surface area contributed by atoms with Crippen molar-refractivity contribution in [2.24, 2.45) is 0 Å². The SMILES string of the molecule is CC(=O)OC(C(=O)Nc1ccc(-c2noc(=O)[nH]2)cc1)C1OCCN(c2cc(F)c(F)c(F)c2)C1=O. The first kappa shape index (κ1) is 24.7. The van der Waals surface area contributed by atoms with Gasteiger partial charge in [0.2, 0.25) is 6.10 Å². The molecule has 1 aromatic heterocycles. The molecule has 0 radical (unpaired) electrons. The normalized spacial score (nSPS) is 16.5. The lowest BCUT2D eigenvalue weighted by Crippen LogP contribution is -2.56. The minimum Gasteiger partial charge on any atom is -0.449 e. The van der Waals surface area contributed by atoms with E-state index in [1.807, 2.05) is 0 Å². The number of morpholine rings is 1. The van der Waals surface area contributed by atoms with Crippen molar-refractivity contribution < 1.29 is 41.6 Å². The number of nitrogens with one attached hydrogen (secondary N) is 2. The van der Waals surface area contributed by atoms with E-state index in [0.29, 0.717) is 17.7 Å². The first-order chi connectivity index (χ1) is 17.1. The number of halogens is 3. The number of rotatable bonds is 6. The first-order valence-corrected chi connectivity index (χ1v) is 10.4. The summed E-state index contributed by atoms with van der Waals surface area (Å²) < 4.78 is 55.6. The smallest absolute Gasteiger partial charge is 0.439 e. The van der Waals surface area contributed by atoms with Crippen molar-refractivity contribution >= 4 is 29.2 Å². The van der Waals surface area contributed by atoms with Gasteiger partial charge in [0, 0.05) is 42.5 Å². The Labute approximate surface area is 199 Å². The summed E-state index contributed by atoms with van der Waals surface area (Å²) in [5.74, 6) is -8.05. The molecule has 4 rings (SSSR count). The quantitative estimate of drug-likeness (QED) is 0.380. The van der Waals surface area contributed by atoms with E-state index in [0.717, 1.165) is 11.8 Å². The van der Waals surface area contributed by atoms with E-state index >= 15 is 0 Å². The number of carbonyl (C=O) groups excluding carboxylic acids is 3. The van der Waals surface area contributed by atoms with E-state index < -0.39 is 53.2 Å². The van der Waals surface area contributed by atoms with Crippen LogP contribution in [-0.4, -0.2) is 53.3 Å². The zero-order valence-corrected chi connectivity index (χ0v) is 18.4. The number of esters is 1. The van der Waals surface area contributed by atoms with Gasteiger partial charge in [-0.2, -0.15) is 0 Å². The highest BCUT2D eigenvalue weighted by molar-refractivity contribution is 6.04. The molecule has 0 bridgehead atoms. The van der Waals surface area contributed by atoms with Gasteiger partial charge in [-0.15, -0.1) is 0 Å². The fourth-order valence-corrected chi connectivity index (χ4v) is 3.49. The van der Waals surface area contributed by atoms with Crippen molar-refractivity contribution in [3.63, 3.8) is 0 Å². The molecule has 2 aromatic carbocycles. The number of nitrogens with zero attached hydrogens (tertiary/aromatic N) is 2. The van der Waals surface area contributed by atoms with Crippen molar-refractivity contribution in [1.82, 2.24) is 10.1 Å². The third-order valence-electron chi connectivity index (χ3n) is 5.09. The molecule has 188 valence electrons. The minimum absolute atomic E-state index is 0.153. The number of carbonyl (C=O) groups is 3. The van der Waals surface area contributed by atoms with Gasteiger partial charge in [0.25, 0.3) is 11.8 Å². The van der Waals surface area contributed by atoms with Crippen molar-refractivity contribution in [2.45, 2.75) is 19.1 Å². The average Bonchev–Trinajstić information content (AvgIpc) is 3.27. The molecule has 0 aliphatic carbocycles. The van der Waals surface area contributed by atoms with Gasteiger partial charge < -0.3 is 19.7 Å². The van der Waals surface area contributed by atoms with E-state index in [2.05, 4.69) is 20.0 Å². The third kappa shape index (κ3) is 5.12. The van der Waals surface area contributed by atoms with Crippen molar-refractivity contribution in [3.8, 4) is 11.4 Å². The maximum absolute atomic E-state index is 13.7. The third-order valence-corrected chi connectivity index (χ3v) is 5.09. The second-order valence-corrected chi connectivity index (χ2v) is 7.54. The van der Waals surface area contributed by atoms with Gasteiger partial charge in [-0.3, -0.25) is 23.9 Å². The number of aromatic nitrogens is 2. The monoisotopic (exact) mass is 506 g/mol. The molecule has 1 saturated heterocycles. The maximum Gasteiger partial charge on any atom is 0.439 e. The summed E-state index contributed by atoms with van der Waals surface area (Å²) in [7, 11) is 0. The molecule has 1 fully saturated rings. The number of aromatic amines is 1. The predicted octanol–water partition coefficient (Wildman–Crippen LogP) is 1.75. The number of anilines is 2. The van der Waals surface area contributed by atoms with Crippen LogP contribution in [0.4, 0.5) is 24.5 Å². The zero-order chi connectivity index (χ0) is 26.0. The van der Waals surface area contributed by atoms with Crippen LogP contribution >= 0.6 is 0 Å². The van der Waals surface area contributed by atoms with Crippen LogP contribution in [0.25, 0.3) is 11.4 Å². The molecular weight excluding hydrogens is 489 g/mol. The molecule has 2 heterocycles. The number of amides is 2. The average molecular weight is 506 g/mol. The maximum atomic E-state index is 13.7. The van der Waals surface area contributed by atoms with Crippen LogP contribution in [0.3, 0.4) is 0 Å². The Morgan fingerprint density at radius 2 is 1.83 bits per heavy atom. The Balaban J connectivity index is 1.54. The van der Waals surface area contributed by atoms with Crippen molar-refractivity contribution in [2.75, 3.05) is 23.4 Å². The van der Waals surface area contributed by atoms with E-state index in [-0.39, 0.29) is 30.4 Å². The molecule has 2 unspecified atom stereocenters. The molecule has 14 heteroatoms. The summed E-state index contributed by atoms with van der Waals surface area (Å²) >= 11 is 0. The summed E-state index contributed by atoms with van der Waals surface area (Å²) in [5, 5.41) is 6.02. The van der Waals surface area contributed by atoms with Crippen LogP contribution < -0.4 is 16.0 Å². The van der Waals surface area contributed by atoms with Gasteiger partial charge in [-0.25, -0.2) is 18.0 Å². The van der Waals surface area contributed by atoms with Gasteiger partial charge in [-0.05, 0) is 24.3 Å². The lowest BCUT2D eigenvalue weighted by Gasteiger charge is -2.35. The molecule has 1 aliphatic heterocycles. The van der Waals surface area contributed by atoms with Crippen LogP contribution in [0, 0.1) is 17.5 Å². The van der Waals surface area contributed by atoms with Crippen LogP contribution in [0.2, 0.25) is 0 Å². The highest BCUT2D eigenvalue weighted by atomic mass is 19.2. The second-order valence-electron chi connectivity index (χ2n) is 7.54. The van der Waals surface area contributed by atoms with Crippen LogP contribution in [0.15, 0.2) is 45.7 Å². The molecule has 2 N–H and O–H groups in total. The highest BCUT2D eigenvalue weighted by Gasteiger charge is 2.43. The Hall–Kier alpha value is -4.46. The molecule has 0 saturated carbocycles. The van der Waals surface area contributed by atoms with Crippen molar-refractivity contribution in [3.05, 3.63) is 64.4 Å². The summed E-state index contributed by atoms with van der Waals surface area (Å²) in [6.45, 7) is 0.691. The van der Waals surface area contributed by atoms with Gasteiger partial charge in [0.15, 0.2) is 29.4 Å². The lowest BCUT2D eigenvalue weighted by molar-refractivity contribution is -0.167. The first-order valence-electron chi connectivity index (χ1n) is 10.4. The van der Waals surface area contributed by atoms with Crippen LogP contribution in [0.5, 0.6) is 0 Å². The van der Waals surface area contributed by atoms with Crippen LogP contribution in [0.1, 0.15) is 6.92 Å². The van der Waals surface area contributed by atoms with E-state index in [9.17, 15) is 32.3 Å². The number of hydrogen-bond acceptors (Lipinski definition) is 8. The van der Waals surface area contributed by atoms with Gasteiger partial charge in [0.1, 0.15) is 0 Å². The number of H-pyrrole nitrogens is 1. The van der Waals surface area contributed by atoms with Gasteiger partial charge >= 0.3 is 11.7 Å². The Morgan fingerprint density at radius 1 is 1.17 bits per heavy atom. The Morgan fingerprint density at radius 3 is 2.42 bits per heavy atom. The zero-order valence-electron chi connectivity index (χ0n) is 18.4. The summed E-state index contributed by atoms with van der Waals surface area (Å²) in [6, 6.07) is 7.17. The number of ether oxygens (including phenoxy) is 2. The predicted molar refractivity (Wildman–Crippen MR) is 115 cm³/mol. The molecule has 0 spiro atoms. The van der Waals surface area contributed by atoms with E-state index in [1.165, 1.54) is 24.3 Å². The number of hydrogen-bond donors (Lipinski definition) is 2. The largest absolute Gasteiger partial charge is 0.449 e. The fourth-order valence-electron chi connectivity index (χ4n) is 3.49. The second kappa shape index (κ2) is 10.0. The molecule has 11 nitrogen and oxygen atoms in total. The van der Waals surface area contributed by atoms with E-state index in [4.69, 9.17) is 9.47 Å². The fraction of sp³-hybridized carbons (Fsp3) is 0.227. The molecule has 36 heavy (non-hydrogen) atoms. The summed E-state index contributed by atoms with van der Waals surface area (Å²) in [4.78, 5) is 52.1. The Bertz CT molecular complexity index is 1350. The van der Waals surface area contributed by atoms with Crippen LogP contribution in [-0.2, 0) is 23.9 Å². The number of benzene rings is 2.